The summed E-state index contributed by atoms with van der Waals surface area (Å²) in [5.41, 5.74) is 2.66. The molecule has 0 unspecified atom stereocenters. The number of thioether (sulfide) groups is 1. The monoisotopic (exact) mass is 448 g/mol. The van der Waals surface area contributed by atoms with Crippen molar-refractivity contribution in [3.63, 3.8) is 0 Å². The summed E-state index contributed by atoms with van der Waals surface area (Å²) >= 11 is 4.64. The first kappa shape index (κ1) is 19.7. The molecule has 3 aromatic rings. The van der Waals surface area contributed by atoms with Crippen molar-refractivity contribution in [1.29, 1.82) is 0 Å². The normalized spacial score (nSPS) is 11.3. The van der Waals surface area contributed by atoms with Crippen molar-refractivity contribution < 1.29 is 4.79 Å². The summed E-state index contributed by atoms with van der Waals surface area (Å²) in [7, 11) is 0. The third-order valence-corrected chi connectivity index (χ3v) is 5.35. The number of carbonyl (C=O) groups excluding carboxylic acids is 1. The van der Waals surface area contributed by atoms with Gasteiger partial charge in [-0.25, -0.2) is 4.98 Å². The predicted molar refractivity (Wildman–Crippen MR) is 113 cm³/mol. The average Bonchev–Trinajstić information content (AvgIpc) is 2.98. The number of hydrogen-bond donors (Lipinski definition) is 2. The van der Waals surface area contributed by atoms with Gasteiger partial charge in [0.2, 0.25) is 5.91 Å². The van der Waals surface area contributed by atoms with E-state index in [4.69, 9.17) is 0 Å². The van der Waals surface area contributed by atoms with Crippen LogP contribution in [-0.2, 0) is 11.3 Å². The number of aromatic amines is 1. The maximum atomic E-state index is 12.8. The molecule has 3 rings (SSSR count). The number of nitrogens with zero attached hydrogens (tertiary/aromatic N) is 2. The lowest BCUT2D eigenvalue weighted by Crippen LogP contribution is -2.26. The summed E-state index contributed by atoms with van der Waals surface area (Å²) in [5.74, 6) is 0.321. The third kappa shape index (κ3) is 4.81. The van der Waals surface area contributed by atoms with Gasteiger partial charge in [0.25, 0.3) is 5.56 Å². The number of aromatic nitrogens is 3. The van der Waals surface area contributed by atoms with E-state index in [1.807, 2.05) is 51.1 Å². The molecule has 2 N–H and O–H groups in total. The Morgan fingerprint density at radius 3 is 2.70 bits per heavy atom. The molecule has 142 valence electrons. The number of anilines is 1. The van der Waals surface area contributed by atoms with Gasteiger partial charge in [-0.1, -0.05) is 41.5 Å². The number of benzene rings is 1. The van der Waals surface area contributed by atoms with Gasteiger partial charge in [0, 0.05) is 22.4 Å². The molecule has 0 aliphatic rings. The maximum Gasteiger partial charge on any atom is 0.278 e. The second-order valence-electron chi connectivity index (χ2n) is 6.76. The molecule has 1 aromatic carbocycles. The smallest absolute Gasteiger partial charge is 0.278 e. The van der Waals surface area contributed by atoms with Gasteiger partial charge in [0.1, 0.15) is 5.52 Å². The van der Waals surface area contributed by atoms with Crippen molar-refractivity contribution in [2.45, 2.75) is 32.5 Å². The Morgan fingerprint density at radius 2 is 2.04 bits per heavy atom. The van der Waals surface area contributed by atoms with E-state index in [9.17, 15) is 9.59 Å². The molecule has 27 heavy (non-hydrogen) atoms. The van der Waals surface area contributed by atoms with Crippen LogP contribution in [-0.4, -0.2) is 26.2 Å². The van der Waals surface area contributed by atoms with Gasteiger partial charge in [-0.3, -0.25) is 14.2 Å². The average molecular weight is 449 g/mol. The summed E-state index contributed by atoms with van der Waals surface area (Å²) in [4.78, 5) is 32.8. The van der Waals surface area contributed by atoms with Crippen LogP contribution in [0, 0.1) is 12.8 Å². The second kappa shape index (κ2) is 8.31. The van der Waals surface area contributed by atoms with Crippen LogP contribution < -0.4 is 10.9 Å². The van der Waals surface area contributed by atoms with Crippen LogP contribution in [0.3, 0.4) is 0 Å². The molecule has 0 atom stereocenters. The Bertz CT molecular complexity index is 1020. The first-order valence-electron chi connectivity index (χ1n) is 8.62. The molecule has 1 amide bonds. The molecule has 0 saturated heterocycles. The lowest BCUT2D eigenvalue weighted by atomic mass is 10.2. The van der Waals surface area contributed by atoms with E-state index >= 15 is 0 Å². The minimum absolute atomic E-state index is 0.0994. The Kier molecular flexibility index (Phi) is 6.06. The van der Waals surface area contributed by atoms with Crippen molar-refractivity contribution in [3.05, 3.63) is 50.9 Å². The lowest BCUT2D eigenvalue weighted by Gasteiger charge is -2.13. The first-order valence-corrected chi connectivity index (χ1v) is 10.4. The number of nitrogens with one attached hydrogen (secondary N) is 2. The fourth-order valence-electron chi connectivity index (χ4n) is 2.71. The predicted octanol–water partition coefficient (Wildman–Crippen LogP) is 4.18. The first-order chi connectivity index (χ1) is 12.8. The molecule has 2 heterocycles. The van der Waals surface area contributed by atoms with Crippen LogP contribution in [0.15, 0.2) is 44.8 Å². The second-order valence-corrected chi connectivity index (χ2v) is 8.62. The van der Waals surface area contributed by atoms with E-state index in [1.165, 1.54) is 11.8 Å². The highest BCUT2D eigenvalue weighted by atomic mass is 79.9. The molecule has 0 radical (unpaired) electrons. The zero-order valence-corrected chi connectivity index (χ0v) is 17.8. The number of hydrogen-bond acceptors (Lipinski definition) is 4. The van der Waals surface area contributed by atoms with Crippen molar-refractivity contribution in [1.82, 2.24) is 14.5 Å². The van der Waals surface area contributed by atoms with Crippen LogP contribution in [0.5, 0.6) is 0 Å². The van der Waals surface area contributed by atoms with Crippen LogP contribution in [0.2, 0.25) is 0 Å². The number of fused-ring (bicyclic) bond motifs is 1. The fourth-order valence-corrected chi connectivity index (χ4v) is 3.78. The Balaban J connectivity index is 1.81. The van der Waals surface area contributed by atoms with E-state index in [1.54, 1.807) is 4.57 Å². The quantitative estimate of drug-likeness (QED) is 0.437. The van der Waals surface area contributed by atoms with E-state index in [0.717, 1.165) is 15.9 Å². The Labute approximate surface area is 169 Å². The van der Waals surface area contributed by atoms with Crippen molar-refractivity contribution in [2.75, 3.05) is 11.1 Å². The van der Waals surface area contributed by atoms with Crippen LogP contribution in [0.1, 0.15) is 19.5 Å². The van der Waals surface area contributed by atoms with E-state index in [0.29, 0.717) is 22.7 Å². The molecule has 6 nitrogen and oxygen atoms in total. The summed E-state index contributed by atoms with van der Waals surface area (Å²) in [5, 5.41) is 3.41. The van der Waals surface area contributed by atoms with Crippen molar-refractivity contribution in [2.24, 2.45) is 5.92 Å². The molecular formula is C19H21BrN4O2S. The number of halogens is 1. The molecule has 0 bridgehead atoms. The van der Waals surface area contributed by atoms with Crippen LogP contribution >= 0.6 is 27.7 Å². The number of aryl methyl sites for hydroxylation is 1. The van der Waals surface area contributed by atoms with Crippen molar-refractivity contribution in [3.8, 4) is 0 Å². The Hall–Kier alpha value is -2.06. The van der Waals surface area contributed by atoms with Gasteiger partial charge >= 0.3 is 0 Å². The largest absolute Gasteiger partial charge is 0.353 e. The molecule has 0 fully saturated rings. The topological polar surface area (TPSA) is 79.8 Å². The van der Waals surface area contributed by atoms with Crippen molar-refractivity contribution >= 4 is 50.3 Å². The highest BCUT2D eigenvalue weighted by molar-refractivity contribution is 9.10. The van der Waals surface area contributed by atoms with Gasteiger partial charge in [-0.05, 0) is 43.2 Å². The number of rotatable bonds is 6. The minimum atomic E-state index is -0.141. The third-order valence-electron chi connectivity index (χ3n) is 3.85. The van der Waals surface area contributed by atoms with Crippen LogP contribution in [0.4, 0.5) is 5.69 Å². The number of carbonyl (C=O) groups is 1. The van der Waals surface area contributed by atoms with Gasteiger partial charge < -0.3 is 10.3 Å². The SMILES string of the molecule is Cc1cc2nc(SCC(=O)Nc3ccc(Br)cc3)n(CC(C)C)c(=O)c2[nH]1. The highest BCUT2D eigenvalue weighted by Gasteiger charge is 2.15. The molecule has 8 heteroatoms. The van der Waals surface area contributed by atoms with Crippen LogP contribution in [0.25, 0.3) is 11.0 Å². The molecule has 0 saturated carbocycles. The van der Waals surface area contributed by atoms with E-state index in [-0.39, 0.29) is 23.1 Å². The number of H-pyrrole nitrogens is 1. The van der Waals surface area contributed by atoms with Gasteiger partial charge in [0.15, 0.2) is 5.16 Å². The molecule has 0 spiro atoms. The summed E-state index contributed by atoms with van der Waals surface area (Å²) in [6.45, 7) is 6.54. The highest BCUT2D eigenvalue weighted by Crippen LogP contribution is 2.20. The van der Waals surface area contributed by atoms with Gasteiger partial charge in [-0.2, -0.15) is 0 Å². The standard InChI is InChI=1S/C19H21BrN4O2S/c1-11(2)9-24-18(26)17-15(8-12(3)21-17)23-19(24)27-10-16(25)22-14-6-4-13(20)5-7-14/h4-8,11,21H,9-10H2,1-3H3,(H,22,25). The molecule has 0 aliphatic carbocycles. The van der Waals surface area contributed by atoms with E-state index in [2.05, 4.69) is 31.2 Å². The minimum Gasteiger partial charge on any atom is -0.353 e. The Morgan fingerprint density at radius 1 is 1.33 bits per heavy atom. The molecule has 2 aromatic heterocycles. The zero-order chi connectivity index (χ0) is 19.6. The van der Waals surface area contributed by atoms with Gasteiger partial charge in [-0.15, -0.1) is 0 Å². The van der Waals surface area contributed by atoms with Gasteiger partial charge in [0.05, 0.1) is 11.3 Å². The maximum absolute atomic E-state index is 12.8. The summed E-state index contributed by atoms with van der Waals surface area (Å²) < 4.78 is 2.60. The van der Waals surface area contributed by atoms with E-state index < -0.39 is 0 Å². The lowest BCUT2D eigenvalue weighted by molar-refractivity contribution is -0.113. The number of amides is 1. The summed E-state index contributed by atoms with van der Waals surface area (Å²) in [6, 6.07) is 9.24. The molecular weight excluding hydrogens is 428 g/mol. The zero-order valence-electron chi connectivity index (χ0n) is 15.4. The fraction of sp³-hybridized carbons (Fsp3) is 0.316. The molecule has 0 aliphatic heterocycles. The summed E-state index contributed by atoms with van der Waals surface area (Å²) in [6.07, 6.45) is 0.